The van der Waals surface area contributed by atoms with Crippen molar-refractivity contribution < 1.29 is 38.1 Å². The summed E-state index contributed by atoms with van der Waals surface area (Å²) in [6, 6.07) is 6.61. The average Bonchev–Trinajstić information content (AvgIpc) is 3.91. The lowest BCUT2D eigenvalue weighted by atomic mass is 9.76. The van der Waals surface area contributed by atoms with Crippen molar-refractivity contribution >= 4 is 23.9 Å². The van der Waals surface area contributed by atoms with Crippen LogP contribution in [0.3, 0.4) is 0 Å². The number of ether oxygens (including phenoxy) is 4. The molecule has 8 nitrogen and oxygen atoms in total. The van der Waals surface area contributed by atoms with Crippen molar-refractivity contribution in [3.05, 3.63) is 60.2 Å². The normalized spacial score (nSPS) is 37.2. The molecule has 6 aliphatic rings. The average molecular weight is 645 g/mol. The molecule has 252 valence electrons. The second-order valence-corrected chi connectivity index (χ2v) is 15.6. The van der Waals surface area contributed by atoms with E-state index in [1.807, 2.05) is 0 Å². The summed E-state index contributed by atoms with van der Waals surface area (Å²) < 4.78 is 22.4. The molecular weight excluding hydrogens is 596 g/mol. The lowest BCUT2D eigenvalue weighted by Gasteiger charge is -2.31. The van der Waals surface area contributed by atoms with E-state index in [1.54, 1.807) is 31.2 Å². The molecule has 0 heterocycles. The Morgan fingerprint density at radius 1 is 0.617 bits per heavy atom. The first kappa shape index (κ1) is 32.1. The smallest absolute Gasteiger partial charge is 0.338 e. The number of rotatable bonds is 12. The Morgan fingerprint density at radius 2 is 1.06 bits per heavy atom. The monoisotopic (exact) mass is 644 g/mol. The molecule has 10 unspecified atom stereocenters. The van der Waals surface area contributed by atoms with E-state index in [0.717, 1.165) is 38.5 Å². The molecule has 6 aliphatic carbocycles. The van der Waals surface area contributed by atoms with E-state index in [4.69, 9.17) is 18.9 Å². The third-order valence-corrected chi connectivity index (χ3v) is 13.0. The Kier molecular flexibility index (Phi) is 9.05. The molecule has 1 aromatic rings. The van der Waals surface area contributed by atoms with Gasteiger partial charge in [0.2, 0.25) is 0 Å². The van der Waals surface area contributed by atoms with Crippen molar-refractivity contribution in [2.75, 3.05) is 26.4 Å². The van der Waals surface area contributed by atoms with Gasteiger partial charge in [0.25, 0.3) is 0 Å². The summed E-state index contributed by atoms with van der Waals surface area (Å²) in [7, 11) is 0. The fourth-order valence-corrected chi connectivity index (χ4v) is 11.2. The molecular formula is C39H48O8. The summed E-state index contributed by atoms with van der Waals surface area (Å²) >= 11 is 0. The van der Waals surface area contributed by atoms with Gasteiger partial charge in [-0.15, -0.1) is 0 Å². The van der Waals surface area contributed by atoms with E-state index < -0.39 is 0 Å². The molecule has 1 aromatic carbocycles. The molecule has 0 radical (unpaired) electrons. The van der Waals surface area contributed by atoms with Crippen molar-refractivity contribution in [1.29, 1.82) is 0 Å². The molecule has 0 saturated heterocycles. The Hall–Kier alpha value is -3.42. The van der Waals surface area contributed by atoms with Crippen LogP contribution in [-0.2, 0) is 28.5 Å². The summed E-state index contributed by atoms with van der Waals surface area (Å²) in [5.41, 5.74) is 1.32. The number of benzene rings is 1. The highest BCUT2D eigenvalue weighted by atomic mass is 16.5. The number of carbonyl (C=O) groups excluding carboxylic acids is 4. The van der Waals surface area contributed by atoms with Gasteiger partial charge in [-0.2, -0.15) is 0 Å². The predicted octanol–water partition coefficient (Wildman–Crippen LogP) is 6.45. The van der Waals surface area contributed by atoms with E-state index in [2.05, 4.69) is 13.2 Å². The number of fused-ring (bicyclic) bond motifs is 10. The van der Waals surface area contributed by atoms with Gasteiger partial charge < -0.3 is 18.9 Å². The SMILES string of the molecule is C=CC(=O)OCC1CC2C3CC(CC3COC(=O)c3ccc(C(=O)OCC4CC5C6CC(CC6COC(=O)C(=C)C)[C@H]5C4)cc3)[C@H]2C1. The molecule has 0 spiro atoms. The largest absolute Gasteiger partial charge is 0.462 e. The molecule has 4 bridgehead atoms. The van der Waals surface area contributed by atoms with Crippen LogP contribution in [-0.4, -0.2) is 50.3 Å². The number of esters is 4. The Balaban J connectivity index is 0.833. The standard InChI is InChI=1S/C39H48O8/c1-4-36(40)44-17-22-9-30-27-14-29(33(16-27)34(30)11-22)20-47-39(43)25-7-5-24(6-8-25)38(42)45-18-23-10-31-26-13-28(19-46-37(41)21(2)3)32(15-26)35(31)12-23/h4-8,22-23,26-35H,1-2,9-20H2,3H3/t22?,23?,26?,27?,28?,29?,30-,31-,32?,33?,34?,35?/m1/s1. The van der Waals surface area contributed by atoms with Crippen molar-refractivity contribution in [3.63, 3.8) is 0 Å². The number of hydrogen-bond acceptors (Lipinski definition) is 8. The highest BCUT2D eigenvalue weighted by molar-refractivity contribution is 5.93. The van der Waals surface area contributed by atoms with Crippen LogP contribution < -0.4 is 0 Å². The maximum atomic E-state index is 12.9. The lowest BCUT2D eigenvalue weighted by Crippen LogP contribution is -2.28. The van der Waals surface area contributed by atoms with E-state index in [9.17, 15) is 19.2 Å². The van der Waals surface area contributed by atoms with E-state index >= 15 is 0 Å². The lowest BCUT2D eigenvalue weighted by molar-refractivity contribution is -0.141. The molecule has 0 aromatic heterocycles. The van der Waals surface area contributed by atoms with Crippen LogP contribution in [0.25, 0.3) is 0 Å². The number of hydrogen-bond donors (Lipinski definition) is 0. The predicted molar refractivity (Wildman–Crippen MR) is 173 cm³/mol. The first-order valence-electron chi connectivity index (χ1n) is 17.7. The zero-order valence-corrected chi connectivity index (χ0v) is 27.5. The topological polar surface area (TPSA) is 105 Å². The van der Waals surface area contributed by atoms with Gasteiger partial charge in [-0.05, 0) is 154 Å². The molecule has 0 amide bonds. The van der Waals surface area contributed by atoms with Crippen LogP contribution in [0.4, 0.5) is 0 Å². The van der Waals surface area contributed by atoms with Crippen molar-refractivity contribution in [1.82, 2.24) is 0 Å². The third-order valence-electron chi connectivity index (χ3n) is 13.0. The van der Waals surface area contributed by atoms with Gasteiger partial charge >= 0.3 is 23.9 Å². The Labute approximate surface area is 277 Å². The van der Waals surface area contributed by atoms with Crippen molar-refractivity contribution in [2.24, 2.45) is 71.0 Å². The maximum Gasteiger partial charge on any atom is 0.338 e. The van der Waals surface area contributed by atoms with E-state index in [0.29, 0.717) is 114 Å². The van der Waals surface area contributed by atoms with Crippen LogP contribution >= 0.6 is 0 Å². The third kappa shape index (κ3) is 6.41. The minimum absolute atomic E-state index is 0.301. The zero-order chi connectivity index (χ0) is 32.8. The highest BCUT2D eigenvalue weighted by Gasteiger charge is 2.57. The van der Waals surface area contributed by atoms with Gasteiger partial charge in [-0.25, -0.2) is 19.2 Å². The number of carbonyl (C=O) groups is 4. The Morgan fingerprint density at radius 3 is 1.55 bits per heavy atom. The van der Waals surface area contributed by atoms with Crippen LogP contribution in [0.5, 0.6) is 0 Å². The van der Waals surface area contributed by atoms with Crippen LogP contribution in [0.1, 0.15) is 79.0 Å². The van der Waals surface area contributed by atoms with E-state index in [1.165, 1.54) is 18.9 Å². The molecule has 47 heavy (non-hydrogen) atoms. The van der Waals surface area contributed by atoms with E-state index in [-0.39, 0.29) is 23.9 Å². The molecule has 8 heteroatoms. The summed E-state index contributed by atoms with van der Waals surface area (Å²) in [4.78, 5) is 49.1. The quantitative estimate of drug-likeness (QED) is 0.145. The van der Waals surface area contributed by atoms with Gasteiger partial charge in [0.15, 0.2) is 0 Å². The molecule has 6 saturated carbocycles. The summed E-state index contributed by atoms with van der Waals surface area (Å²) in [5.74, 6) is 5.37. The molecule has 6 fully saturated rings. The fraction of sp³-hybridized carbons (Fsp3) is 0.641. The van der Waals surface area contributed by atoms with Crippen LogP contribution in [0, 0.1) is 71.0 Å². The minimum atomic E-state index is -0.361. The van der Waals surface area contributed by atoms with Crippen LogP contribution in [0.2, 0.25) is 0 Å². The highest BCUT2D eigenvalue weighted by Crippen LogP contribution is 2.63. The summed E-state index contributed by atoms with van der Waals surface area (Å²) in [6.45, 7) is 10.6. The Bertz CT molecular complexity index is 1410. The fourth-order valence-electron chi connectivity index (χ4n) is 11.2. The van der Waals surface area contributed by atoms with Gasteiger partial charge in [-0.1, -0.05) is 13.2 Å². The molecule has 7 rings (SSSR count). The molecule has 0 N–H and O–H groups in total. The second kappa shape index (κ2) is 13.2. The van der Waals surface area contributed by atoms with Gasteiger partial charge in [-0.3, -0.25) is 0 Å². The van der Waals surface area contributed by atoms with Gasteiger partial charge in [0.1, 0.15) is 0 Å². The van der Waals surface area contributed by atoms with Gasteiger partial charge in [0.05, 0.1) is 37.6 Å². The minimum Gasteiger partial charge on any atom is -0.462 e. The summed E-state index contributed by atoms with van der Waals surface area (Å²) in [6.07, 6.45) is 10.2. The van der Waals surface area contributed by atoms with Crippen LogP contribution in [0.15, 0.2) is 49.1 Å². The maximum absolute atomic E-state index is 12.9. The first-order valence-corrected chi connectivity index (χ1v) is 17.7. The van der Waals surface area contributed by atoms with Gasteiger partial charge in [0, 0.05) is 11.6 Å². The zero-order valence-electron chi connectivity index (χ0n) is 27.5. The van der Waals surface area contributed by atoms with Crippen molar-refractivity contribution in [3.8, 4) is 0 Å². The summed E-state index contributed by atoms with van der Waals surface area (Å²) in [5, 5.41) is 0. The first-order chi connectivity index (χ1) is 22.7. The van der Waals surface area contributed by atoms with Crippen molar-refractivity contribution in [2.45, 2.75) is 58.3 Å². The molecule has 12 atom stereocenters. The molecule has 0 aliphatic heterocycles. The second-order valence-electron chi connectivity index (χ2n) is 15.6.